The van der Waals surface area contributed by atoms with Gasteiger partial charge in [-0.1, -0.05) is 18.9 Å². The molecular formula is C8H16N2OS. The fourth-order valence-corrected chi connectivity index (χ4v) is 2.14. The van der Waals surface area contributed by atoms with Gasteiger partial charge in [-0.25, -0.2) is 4.31 Å². The molecule has 1 aliphatic rings. The highest BCUT2D eigenvalue weighted by atomic mass is 32.2. The van der Waals surface area contributed by atoms with E-state index in [2.05, 4.69) is 16.5 Å². The molecule has 0 bridgehead atoms. The highest BCUT2D eigenvalue weighted by Gasteiger charge is 2.20. The Labute approximate surface area is 78.0 Å². The predicted octanol–water partition coefficient (Wildman–Crippen LogP) is 0.517. The Morgan fingerprint density at radius 2 is 2.58 bits per heavy atom. The summed E-state index contributed by atoms with van der Waals surface area (Å²) in [6, 6.07) is 0.0790. The molecule has 1 fully saturated rings. The maximum absolute atomic E-state index is 10.6. The van der Waals surface area contributed by atoms with E-state index in [0.29, 0.717) is 0 Å². The normalized spacial score (nSPS) is 25.6. The van der Waals surface area contributed by atoms with Crippen molar-refractivity contribution in [3.63, 3.8) is 0 Å². The minimum absolute atomic E-state index is 0.0790. The number of nitrogens with one attached hydrogen (secondary N) is 1. The molecule has 0 unspecified atom stereocenters. The quantitative estimate of drug-likeness (QED) is 0.515. The van der Waals surface area contributed by atoms with E-state index in [4.69, 9.17) is 0 Å². The van der Waals surface area contributed by atoms with Crippen molar-refractivity contribution in [3.05, 3.63) is 0 Å². The molecule has 0 aromatic carbocycles. The molecule has 1 aliphatic heterocycles. The summed E-state index contributed by atoms with van der Waals surface area (Å²) in [5.41, 5.74) is 0. The predicted molar refractivity (Wildman–Crippen MR) is 52.2 cm³/mol. The number of hydrogen-bond donors (Lipinski definition) is 1. The molecule has 3 nitrogen and oxygen atoms in total. The van der Waals surface area contributed by atoms with Crippen LogP contribution in [-0.2, 0) is 4.79 Å². The lowest BCUT2D eigenvalue weighted by Crippen LogP contribution is -2.48. The van der Waals surface area contributed by atoms with E-state index >= 15 is 0 Å². The van der Waals surface area contributed by atoms with Gasteiger partial charge in [0.25, 0.3) is 0 Å². The van der Waals surface area contributed by atoms with Gasteiger partial charge in [0.15, 0.2) is 0 Å². The Hall–Kier alpha value is -0.0600. The van der Waals surface area contributed by atoms with Gasteiger partial charge >= 0.3 is 0 Å². The van der Waals surface area contributed by atoms with Crippen molar-refractivity contribution in [2.24, 2.45) is 0 Å². The average molecular weight is 188 g/mol. The second kappa shape index (κ2) is 5.56. The molecule has 1 heterocycles. The molecule has 0 aliphatic carbocycles. The third kappa shape index (κ3) is 2.77. The molecule has 0 saturated carbocycles. The van der Waals surface area contributed by atoms with Crippen LogP contribution in [0.4, 0.5) is 0 Å². The van der Waals surface area contributed by atoms with Crippen LogP contribution in [-0.4, -0.2) is 42.0 Å². The van der Waals surface area contributed by atoms with Gasteiger partial charge in [-0.3, -0.25) is 0 Å². The second-order valence-corrected chi connectivity index (χ2v) is 4.02. The van der Waals surface area contributed by atoms with Gasteiger partial charge in [0.05, 0.1) is 6.04 Å². The lowest BCUT2D eigenvalue weighted by Gasteiger charge is -2.31. The van der Waals surface area contributed by atoms with Crippen LogP contribution >= 0.6 is 11.9 Å². The van der Waals surface area contributed by atoms with Crippen LogP contribution in [0.2, 0.25) is 0 Å². The van der Waals surface area contributed by atoms with E-state index in [1.807, 2.05) is 0 Å². The minimum atomic E-state index is 0.0790. The molecule has 0 aromatic rings. The van der Waals surface area contributed by atoms with Crippen molar-refractivity contribution in [3.8, 4) is 0 Å². The van der Waals surface area contributed by atoms with Crippen molar-refractivity contribution in [1.82, 2.24) is 9.62 Å². The van der Waals surface area contributed by atoms with Gasteiger partial charge in [-0.05, 0) is 6.42 Å². The number of nitrogens with zero attached hydrogens (tertiary/aromatic N) is 1. The first-order chi connectivity index (χ1) is 5.88. The zero-order valence-corrected chi connectivity index (χ0v) is 8.27. The zero-order valence-electron chi connectivity index (χ0n) is 7.45. The summed E-state index contributed by atoms with van der Waals surface area (Å²) >= 11 is 1.79. The Balaban J connectivity index is 2.31. The monoisotopic (exact) mass is 188 g/mol. The molecule has 1 atom stereocenters. The van der Waals surface area contributed by atoms with E-state index < -0.39 is 0 Å². The molecule has 0 aromatic heterocycles. The van der Waals surface area contributed by atoms with Gasteiger partial charge in [0.1, 0.15) is 6.29 Å². The molecule has 12 heavy (non-hydrogen) atoms. The molecule has 0 radical (unpaired) electrons. The Kier molecular flexibility index (Phi) is 4.65. The average Bonchev–Trinajstić information content (AvgIpc) is 2.15. The summed E-state index contributed by atoms with van der Waals surface area (Å²) in [4.78, 5) is 10.6. The smallest absolute Gasteiger partial charge is 0.139 e. The van der Waals surface area contributed by atoms with Gasteiger partial charge in [-0.15, -0.1) is 0 Å². The number of piperazine rings is 1. The van der Waals surface area contributed by atoms with Gasteiger partial charge in [0.2, 0.25) is 0 Å². The number of hydrogen-bond acceptors (Lipinski definition) is 4. The van der Waals surface area contributed by atoms with E-state index in [9.17, 15) is 4.79 Å². The Morgan fingerprint density at radius 1 is 1.75 bits per heavy atom. The Bertz CT molecular complexity index is 143. The number of carbonyl (C=O) groups excluding carboxylic acids is 1. The topological polar surface area (TPSA) is 32.3 Å². The van der Waals surface area contributed by atoms with Crippen LogP contribution in [0.1, 0.15) is 13.3 Å². The Morgan fingerprint density at radius 3 is 3.25 bits per heavy atom. The standard InChI is InChI=1S/C8H16N2OS/c1-2-5-12-10-4-3-9-6-8(10)7-11/h7-9H,2-6H2,1H3/t8-/m1/s1. The summed E-state index contributed by atoms with van der Waals surface area (Å²) in [6.45, 7) is 4.94. The van der Waals surface area contributed by atoms with Gasteiger partial charge < -0.3 is 10.1 Å². The lowest BCUT2D eigenvalue weighted by atomic mass is 10.3. The molecule has 1 N–H and O–H groups in total. The number of rotatable bonds is 4. The highest BCUT2D eigenvalue weighted by molar-refractivity contribution is 7.97. The summed E-state index contributed by atoms with van der Waals surface area (Å²) in [6.07, 6.45) is 2.20. The molecule has 4 heteroatoms. The van der Waals surface area contributed by atoms with E-state index in [0.717, 1.165) is 31.7 Å². The van der Waals surface area contributed by atoms with Crippen LogP contribution in [0.5, 0.6) is 0 Å². The third-order valence-corrected chi connectivity index (χ3v) is 3.23. The summed E-state index contributed by atoms with van der Waals surface area (Å²) in [5, 5.41) is 3.21. The minimum Gasteiger partial charge on any atom is -0.313 e. The van der Waals surface area contributed by atoms with Crippen LogP contribution < -0.4 is 5.32 Å². The zero-order chi connectivity index (χ0) is 8.81. The third-order valence-electron chi connectivity index (χ3n) is 1.85. The summed E-state index contributed by atoms with van der Waals surface area (Å²) < 4.78 is 2.19. The van der Waals surface area contributed by atoms with Crippen LogP contribution in [0.15, 0.2) is 0 Å². The van der Waals surface area contributed by atoms with Crippen molar-refractivity contribution in [1.29, 1.82) is 0 Å². The summed E-state index contributed by atoms with van der Waals surface area (Å²) in [5.74, 6) is 1.12. The number of aldehydes is 1. The van der Waals surface area contributed by atoms with E-state index in [1.165, 1.54) is 6.42 Å². The van der Waals surface area contributed by atoms with Crippen LogP contribution in [0, 0.1) is 0 Å². The van der Waals surface area contributed by atoms with E-state index in [1.54, 1.807) is 11.9 Å². The molecule has 0 amide bonds. The second-order valence-electron chi connectivity index (χ2n) is 2.88. The van der Waals surface area contributed by atoms with Crippen LogP contribution in [0.25, 0.3) is 0 Å². The molecule has 1 saturated heterocycles. The number of carbonyl (C=O) groups is 1. The first kappa shape index (κ1) is 10.0. The lowest BCUT2D eigenvalue weighted by molar-refractivity contribution is -0.111. The summed E-state index contributed by atoms with van der Waals surface area (Å²) in [7, 11) is 0. The molecule has 1 rings (SSSR count). The van der Waals surface area contributed by atoms with Crippen molar-refractivity contribution in [2.75, 3.05) is 25.4 Å². The highest BCUT2D eigenvalue weighted by Crippen LogP contribution is 2.15. The largest absolute Gasteiger partial charge is 0.313 e. The first-order valence-corrected chi connectivity index (χ1v) is 5.38. The fraction of sp³-hybridized carbons (Fsp3) is 0.875. The fourth-order valence-electron chi connectivity index (χ4n) is 1.19. The molecule has 70 valence electrons. The van der Waals surface area contributed by atoms with Gasteiger partial charge in [-0.2, -0.15) is 0 Å². The van der Waals surface area contributed by atoms with Crippen molar-refractivity contribution in [2.45, 2.75) is 19.4 Å². The SMILES string of the molecule is CCCSN1CCNC[C@@H]1C=O. The van der Waals surface area contributed by atoms with Crippen molar-refractivity contribution >= 4 is 18.2 Å². The maximum Gasteiger partial charge on any atom is 0.139 e. The van der Waals surface area contributed by atoms with E-state index in [-0.39, 0.29) is 6.04 Å². The van der Waals surface area contributed by atoms with Crippen LogP contribution in [0.3, 0.4) is 0 Å². The van der Waals surface area contributed by atoms with Crippen molar-refractivity contribution < 1.29 is 4.79 Å². The maximum atomic E-state index is 10.6. The van der Waals surface area contributed by atoms with Gasteiger partial charge in [0, 0.05) is 25.4 Å². The first-order valence-electron chi connectivity index (χ1n) is 4.44. The molecule has 0 spiro atoms. The molecular weight excluding hydrogens is 172 g/mol.